The van der Waals surface area contributed by atoms with Gasteiger partial charge in [-0.2, -0.15) is 0 Å². The minimum Gasteiger partial charge on any atom is -0.466 e. The van der Waals surface area contributed by atoms with Crippen molar-refractivity contribution in [2.24, 2.45) is 5.92 Å². The van der Waals surface area contributed by atoms with E-state index in [4.69, 9.17) is 16.3 Å². The Hall–Kier alpha value is -1.06. The molecule has 0 spiro atoms. The van der Waals surface area contributed by atoms with E-state index in [1.54, 1.807) is 0 Å². The van der Waals surface area contributed by atoms with Gasteiger partial charge in [0.1, 0.15) is 0 Å². The number of benzene rings is 1. The van der Waals surface area contributed by atoms with Gasteiger partial charge in [-0.25, -0.2) is 0 Å². The number of fused-ring (bicyclic) bond motifs is 2. The lowest BCUT2D eigenvalue weighted by molar-refractivity contribution is -0.152. The predicted molar refractivity (Wildman–Crippen MR) is 83.5 cm³/mol. The molecule has 0 amide bonds. The van der Waals surface area contributed by atoms with Gasteiger partial charge in [-0.1, -0.05) is 23.7 Å². The zero-order valence-electron chi connectivity index (χ0n) is 12.6. The Morgan fingerprint density at radius 2 is 2.24 bits per heavy atom. The summed E-state index contributed by atoms with van der Waals surface area (Å²) in [7, 11) is 2.14. The van der Waals surface area contributed by atoms with E-state index < -0.39 is 0 Å². The van der Waals surface area contributed by atoms with Crippen LogP contribution in [0.2, 0.25) is 5.02 Å². The van der Waals surface area contributed by atoms with Crippen LogP contribution >= 0.6 is 11.6 Å². The molecule has 4 unspecified atom stereocenters. The van der Waals surface area contributed by atoms with Crippen LogP contribution in [0.1, 0.15) is 37.7 Å². The van der Waals surface area contributed by atoms with E-state index in [0.717, 1.165) is 17.9 Å². The van der Waals surface area contributed by atoms with Gasteiger partial charge < -0.3 is 4.74 Å². The number of nitrogens with zero attached hydrogens (tertiary/aromatic N) is 1. The standard InChI is InChI=1S/C17H22ClNO2/c1-3-21-17(20)16-14(11-5-4-6-12(18)9-11)10-13-7-8-15(16)19(13)2/h4-6,9,13-16H,3,7-8,10H2,1-2H3. The van der Waals surface area contributed by atoms with Gasteiger partial charge in [-0.15, -0.1) is 0 Å². The van der Waals surface area contributed by atoms with Crippen LogP contribution in [0, 0.1) is 5.92 Å². The summed E-state index contributed by atoms with van der Waals surface area (Å²) >= 11 is 6.14. The van der Waals surface area contributed by atoms with Crippen LogP contribution in [0.4, 0.5) is 0 Å². The Kier molecular flexibility index (Phi) is 4.23. The van der Waals surface area contributed by atoms with Crippen molar-refractivity contribution in [2.45, 2.75) is 44.2 Å². The van der Waals surface area contributed by atoms with E-state index in [-0.39, 0.29) is 17.8 Å². The summed E-state index contributed by atoms with van der Waals surface area (Å²) in [6, 6.07) is 8.82. The molecule has 2 aliphatic rings. The number of ether oxygens (including phenoxy) is 1. The molecule has 3 nitrogen and oxygen atoms in total. The van der Waals surface area contributed by atoms with Crippen LogP contribution in [0.25, 0.3) is 0 Å². The molecule has 1 aromatic rings. The third-order valence-corrected chi connectivity index (χ3v) is 5.34. The second-order valence-electron chi connectivity index (χ2n) is 6.14. The fourth-order valence-corrected chi connectivity index (χ4v) is 4.31. The minimum atomic E-state index is -0.0767. The lowest BCUT2D eigenvalue weighted by Crippen LogP contribution is -2.49. The molecule has 1 aromatic carbocycles. The Morgan fingerprint density at radius 3 is 2.95 bits per heavy atom. The van der Waals surface area contributed by atoms with Crippen LogP contribution in [-0.4, -0.2) is 36.6 Å². The first kappa shape index (κ1) is 14.9. The van der Waals surface area contributed by atoms with Gasteiger partial charge in [-0.05, 0) is 50.9 Å². The molecule has 114 valence electrons. The summed E-state index contributed by atoms with van der Waals surface area (Å²) in [6.07, 6.45) is 3.27. The van der Waals surface area contributed by atoms with E-state index in [0.29, 0.717) is 18.7 Å². The molecule has 0 aliphatic carbocycles. The first-order valence-corrected chi connectivity index (χ1v) is 8.13. The van der Waals surface area contributed by atoms with Gasteiger partial charge in [0.15, 0.2) is 0 Å². The molecule has 0 N–H and O–H groups in total. The minimum absolute atomic E-state index is 0.0559. The molecule has 2 bridgehead atoms. The number of hydrogen-bond donors (Lipinski definition) is 0. The first-order chi connectivity index (χ1) is 10.1. The number of esters is 1. The second kappa shape index (κ2) is 5.98. The van der Waals surface area contributed by atoms with Crippen molar-refractivity contribution in [3.63, 3.8) is 0 Å². The Morgan fingerprint density at radius 1 is 1.43 bits per heavy atom. The number of piperidine rings is 1. The third kappa shape index (κ3) is 2.69. The summed E-state index contributed by atoms with van der Waals surface area (Å²) in [5.41, 5.74) is 1.17. The zero-order valence-corrected chi connectivity index (χ0v) is 13.3. The van der Waals surface area contributed by atoms with Crippen molar-refractivity contribution in [3.8, 4) is 0 Å². The van der Waals surface area contributed by atoms with Crippen molar-refractivity contribution < 1.29 is 9.53 Å². The molecule has 2 saturated heterocycles. The highest BCUT2D eigenvalue weighted by atomic mass is 35.5. The van der Waals surface area contributed by atoms with Crippen LogP contribution in [0.3, 0.4) is 0 Å². The van der Waals surface area contributed by atoms with E-state index >= 15 is 0 Å². The number of carbonyl (C=O) groups is 1. The van der Waals surface area contributed by atoms with Gasteiger partial charge in [0.05, 0.1) is 12.5 Å². The molecule has 2 aliphatic heterocycles. The van der Waals surface area contributed by atoms with Crippen LogP contribution in [-0.2, 0) is 9.53 Å². The van der Waals surface area contributed by atoms with Gasteiger partial charge >= 0.3 is 5.97 Å². The summed E-state index contributed by atoms with van der Waals surface area (Å²) in [4.78, 5) is 14.9. The molecule has 2 heterocycles. The molecule has 3 rings (SSSR count). The number of hydrogen-bond acceptors (Lipinski definition) is 3. The monoisotopic (exact) mass is 307 g/mol. The SMILES string of the molecule is CCOC(=O)C1C(c2cccc(Cl)c2)CC2CCC1N2C. The quantitative estimate of drug-likeness (QED) is 0.801. The van der Waals surface area contributed by atoms with Crippen molar-refractivity contribution in [3.05, 3.63) is 34.9 Å². The number of rotatable bonds is 3. The van der Waals surface area contributed by atoms with E-state index in [1.807, 2.05) is 25.1 Å². The molecule has 2 fully saturated rings. The normalized spacial score (nSPS) is 32.1. The molecule has 0 saturated carbocycles. The highest BCUT2D eigenvalue weighted by Gasteiger charge is 2.49. The number of carbonyl (C=O) groups excluding carboxylic acids is 1. The summed E-state index contributed by atoms with van der Waals surface area (Å²) < 4.78 is 5.36. The molecule has 4 atom stereocenters. The summed E-state index contributed by atoms with van der Waals surface area (Å²) in [5.74, 6) is 0.0864. The van der Waals surface area contributed by atoms with E-state index in [9.17, 15) is 4.79 Å². The van der Waals surface area contributed by atoms with Gasteiger partial charge in [0.2, 0.25) is 0 Å². The topological polar surface area (TPSA) is 29.5 Å². The highest BCUT2D eigenvalue weighted by Crippen LogP contribution is 2.46. The number of halogens is 1. The van der Waals surface area contributed by atoms with Crippen molar-refractivity contribution in [1.29, 1.82) is 0 Å². The van der Waals surface area contributed by atoms with E-state index in [2.05, 4.69) is 18.0 Å². The van der Waals surface area contributed by atoms with E-state index in [1.165, 1.54) is 12.0 Å². The van der Waals surface area contributed by atoms with Crippen LogP contribution in [0.15, 0.2) is 24.3 Å². The van der Waals surface area contributed by atoms with Crippen LogP contribution < -0.4 is 0 Å². The smallest absolute Gasteiger partial charge is 0.311 e. The molecule has 21 heavy (non-hydrogen) atoms. The fourth-order valence-electron chi connectivity index (χ4n) is 4.11. The largest absolute Gasteiger partial charge is 0.466 e. The maximum Gasteiger partial charge on any atom is 0.311 e. The lowest BCUT2D eigenvalue weighted by Gasteiger charge is -2.41. The lowest BCUT2D eigenvalue weighted by atomic mass is 9.76. The highest BCUT2D eigenvalue weighted by molar-refractivity contribution is 6.30. The maximum absolute atomic E-state index is 12.5. The molecular formula is C17H22ClNO2. The summed E-state index contributed by atoms with van der Waals surface area (Å²) in [6.45, 7) is 2.31. The van der Waals surface area contributed by atoms with Crippen LogP contribution in [0.5, 0.6) is 0 Å². The van der Waals surface area contributed by atoms with Gasteiger partial charge in [0, 0.05) is 23.0 Å². The molecule has 4 heteroatoms. The van der Waals surface area contributed by atoms with Crippen molar-refractivity contribution in [2.75, 3.05) is 13.7 Å². The predicted octanol–water partition coefficient (Wildman–Crippen LogP) is 3.47. The average Bonchev–Trinajstić information content (AvgIpc) is 2.71. The van der Waals surface area contributed by atoms with Crippen molar-refractivity contribution >= 4 is 17.6 Å². The van der Waals surface area contributed by atoms with Gasteiger partial charge in [-0.3, -0.25) is 9.69 Å². The Labute approximate surface area is 131 Å². The zero-order chi connectivity index (χ0) is 15.0. The Balaban J connectivity index is 1.95. The Bertz CT molecular complexity index is 533. The summed E-state index contributed by atoms with van der Waals surface area (Å²) in [5, 5.41) is 0.737. The fraction of sp³-hybridized carbons (Fsp3) is 0.588. The third-order valence-electron chi connectivity index (χ3n) is 5.10. The molecule has 0 radical (unpaired) electrons. The molecule has 0 aromatic heterocycles. The van der Waals surface area contributed by atoms with Gasteiger partial charge in [0.25, 0.3) is 0 Å². The first-order valence-electron chi connectivity index (χ1n) is 7.76. The van der Waals surface area contributed by atoms with Crippen molar-refractivity contribution in [1.82, 2.24) is 4.90 Å². The molecular weight excluding hydrogens is 286 g/mol. The average molecular weight is 308 g/mol. The second-order valence-corrected chi connectivity index (χ2v) is 6.58. The maximum atomic E-state index is 12.5.